The quantitative estimate of drug-likeness (QED) is 0.624. The summed E-state index contributed by atoms with van der Waals surface area (Å²) in [4.78, 5) is 11.2. The molecule has 0 bridgehead atoms. The predicted octanol–water partition coefficient (Wildman–Crippen LogP) is 4.82. The third-order valence-corrected chi connectivity index (χ3v) is 4.16. The highest BCUT2D eigenvalue weighted by Gasteiger charge is 2.17. The summed E-state index contributed by atoms with van der Waals surface area (Å²) < 4.78 is 14.1. The predicted molar refractivity (Wildman–Crippen MR) is 77.4 cm³/mol. The van der Waals surface area contributed by atoms with Crippen LogP contribution in [0.25, 0.3) is 0 Å². The molecule has 100 valence electrons. The van der Waals surface area contributed by atoms with Gasteiger partial charge in [0.05, 0.1) is 13.7 Å². The number of nitro groups is 1. The van der Waals surface area contributed by atoms with Gasteiger partial charge in [-0.25, -0.2) is 4.39 Å². The van der Waals surface area contributed by atoms with Gasteiger partial charge >= 0.3 is 0 Å². The molecule has 0 aliphatic rings. The summed E-state index contributed by atoms with van der Waals surface area (Å²) in [5, 5.41) is 13.7. The average molecular weight is 366 g/mol. The van der Waals surface area contributed by atoms with E-state index in [0.29, 0.717) is 10.9 Å². The topological polar surface area (TPSA) is 55.2 Å². The van der Waals surface area contributed by atoms with Crippen LogP contribution < -0.4 is 5.32 Å². The zero-order valence-electron chi connectivity index (χ0n) is 9.32. The van der Waals surface area contributed by atoms with E-state index >= 15 is 0 Å². The highest BCUT2D eigenvalue weighted by Crippen LogP contribution is 2.31. The fraction of sp³-hybridized carbons (Fsp3) is 0.0909. The Bertz CT molecular complexity index is 635. The second-order valence-electron chi connectivity index (χ2n) is 3.60. The number of nitrogens with one attached hydrogen (secondary N) is 1. The largest absolute Gasteiger partial charge is 0.375 e. The summed E-state index contributed by atoms with van der Waals surface area (Å²) in [6.45, 7) is 0.347. The third kappa shape index (κ3) is 3.43. The van der Waals surface area contributed by atoms with Crippen LogP contribution in [0.4, 0.5) is 15.8 Å². The van der Waals surface area contributed by atoms with E-state index in [-0.39, 0.29) is 15.8 Å². The van der Waals surface area contributed by atoms with Crippen LogP contribution in [0.1, 0.15) is 4.88 Å². The molecule has 1 N–H and O–H groups in total. The van der Waals surface area contributed by atoms with Gasteiger partial charge in [0.1, 0.15) is 11.5 Å². The van der Waals surface area contributed by atoms with Crippen molar-refractivity contribution < 1.29 is 9.31 Å². The van der Waals surface area contributed by atoms with Crippen LogP contribution in [0, 0.1) is 15.9 Å². The highest BCUT2D eigenvalue weighted by molar-refractivity contribution is 9.10. The number of rotatable bonds is 4. The summed E-state index contributed by atoms with van der Waals surface area (Å²) in [5.74, 6) is -0.558. The molecular formula is C11H7BrClFN2O2S. The molecule has 4 nitrogen and oxygen atoms in total. The molecule has 0 aliphatic carbocycles. The van der Waals surface area contributed by atoms with Gasteiger partial charge in [-0.1, -0.05) is 11.6 Å². The molecule has 2 aromatic rings. The van der Waals surface area contributed by atoms with Gasteiger partial charge in [0.2, 0.25) is 0 Å². The van der Waals surface area contributed by atoms with Crippen molar-refractivity contribution >= 4 is 50.2 Å². The van der Waals surface area contributed by atoms with Crippen molar-refractivity contribution in [2.24, 2.45) is 0 Å². The minimum atomic E-state index is -0.562. The zero-order valence-corrected chi connectivity index (χ0v) is 12.5. The number of thiophene rings is 1. The molecule has 0 atom stereocenters. The lowest BCUT2D eigenvalue weighted by molar-refractivity contribution is -0.384. The summed E-state index contributed by atoms with van der Waals surface area (Å²) in [6, 6.07) is 5.78. The first-order valence-electron chi connectivity index (χ1n) is 5.09. The number of benzene rings is 1. The monoisotopic (exact) mass is 364 g/mol. The fourth-order valence-electron chi connectivity index (χ4n) is 1.46. The number of nitro benzene ring substituents is 1. The van der Waals surface area contributed by atoms with Crippen molar-refractivity contribution in [3.05, 3.63) is 53.9 Å². The van der Waals surface area contributed by atoms with E-state index in [9.17, 15) is 14.5 Å². The molecule has 1 heterocycles. The van der Waals surface area contributed by atoms with Crippen LogP contribution in [0.5, 0.6) is 0 Å². The minimum absolute atomic E-state index is 0.0592. The van der Waals surface area contributed by atoms with Gasteiger partial charge in [0.15, 0.2) is 0 Å². The molecule has 0 unspecified atom stereocenters. The van der Waals surface area contributed by atoms with Crippen molar-refractivity contribution in [3.63, 3.8) is 0 Å². The Hall–Kier alpha value is -1.18. The number of anilines is 1. The van der Waals surface area contributed by atoms with E-state index in [4.69, 9.17) is 11.6 Å². The molecule has 2 rings (SSSR count). The van der Waals surface area contributed by atoms with Crippen LogP contribution in [0.15, 0.2) is 28.7 Å². The molecule has 19 heavy (non-hydrogen) atoms. The maximum absolute atomic E-state index is 13.4. The van der Waals surface area contributed by atoms with Gasteiger partial charge in [-0.3, -0.25) is 10.1 Å². The highest BCUT2D eigenvalue weighted by atomic mass is 79.9. The Labute approximate surface area is 125 Å². The summed E-state index contributed by atoms with van der Waals surface area (Å²) in [6.07, 6.45) is 0. The minimum Gasteiger partial charge on any atom is -0.375 e. The molecule has 1 aromatic heterocycles. The van der Waals surface area contributed by atoms with Crippen LogP contribution in [-0.4, -0.2) is 4.92 Å². The van der Waals surface area contributed by atoms with Gasteiger partial charge in [0.25, 0.3) is 5.69 Å². The van der Waals surface area contributed by atoms with Crippen molar-refractivity contribution in [2.45, 2.75) is 6.54 Å². The van der Waals surface area contributed by atoms with Gasteiger partial charge < -0.3 is 5.32 Å². The Morgan fingerprint density at radius 1 is 1.47 bits per heavy atom. The van der Waals surface area contributed by atoms with Gasteiger partial charge in [-0.2, -0.15) is 0 Å². The van der Waals surface area contributed by atoms with Crippen molar-refractivity contribution in [1.82, 2.24) is 0 Å². The smallest absolute Gasteiger partial charge is 0.293 e. The molecule has 8 heteroatoms. The number of halogens is 3. The maximum Gasteiger partial charge on any atom is 0.293 e. The molecule has 0 saturated carbocycles. The van der Waals surface area contributed by atoms with E-state index in [1.165, 1.54) is 11.3 Å². The molecule has 1 aromatic carbocycles. The molecule has 0 amide bonds. The van der Waals surface area contributed by atoms with Gasteiger partial charge in [-0.15, -0.1) is 11.3 Å². The fourth-order valence-corrected chi connectivity index (χ4v) is 2.82. The van der Waals surface area contributed by atoms with Crippen LogP contribution in [0.2, 0.25) is 4.34 Å². The van der Waals surface area contributed by atoms with Crippen LogP contribution in [-0.2, 0) is 6.54 Å². The summed E-state index contributed by atoms with van der Waals surface area (Å²) in [7, 11) is 0. The van der Waals surface area contributed by atoms with E-state index in [1.54, 1.807) is 12.1 Å². The standard InChI is InChI=1S/C11H7BrClFN2O2S/c12-7-3-10(16(17)18)9(4-8(7)14)15-5-6-1-2-11(13)19-6/h1-4,15H,5H2. The second-order valence-corrected chi connectivity index (χ2v) is 6.25. The summed E-state index contributed by atoms with van der Waals surface area (Å²) >= 11 is 10.1. The SMILES string of the molecule is O=[N+]([O-])c1cc(Br)c(F)cc1NCc1ccc(Cl)s1. The molecule has 0 fully saturated rings. The second kappa shape index (κ2) is 5.85. The van der Waals surface area contributed by atoms with Crippen molar-refractivity contribution in [2.75, 3.05) is 5.32 Å². The first-order chi connectivity index (χ1) is 8.97. The Morgan fingerprint density at radius 2 is 2.21 bits per heavy atom. The number of hydrogen-bond donors (Lipinski definition) is 1. The Morgan fingerprint density at radius 3 is 2.79 bits per heavy atom. The van der Waals surface area contributed by atoms with Crippen LogP contribution in [0.3, 0.4) is 0 Å². The number of hydrogen-bond acceptors (Lipinski definition) is 4. The van der Waals surface area contributed by atoms with Gasteiger partial charge in [0, 0.05) is 23.6 Å². The lowest BCUT2D eigenvalue weighted by Crippen LogP contribution is -2.02. The Balaban J connectivity index is 2.23. The first kappa shape index (κ1) is 14.2. The van der Waals surface area contributed by atoms with E-state index in [0.717, 1.165) is 17.0 Å². The molecular weight excluding hydrogens is 359 g/mol. The normalized spacial score (nSPS) is 10.5. The number of nitrogens with zero attached hydrogens (tertiary/aromatic N) is 1. The van der Waals surface area contributed by atoms with E-state index in [1.807, 2.05) is 0 Å². The molecule has 0 saturated heterocycles. The lowest BCUT2D eigenvalue weighted by atomic mass is 10.2. The zero-order chi connectivity index (χ0) is 14.0. The molecule has 0 spiro atoms. The van der Waals surface area contributed by atoms with Crippen molar-refractivity contribution in [1.29, 1.82) is 0 Å². The third-order valence-electron chi connectivity index (χ3n) is 2.32. The average Bonchev–Trinajstić information content (AvgIpc) is 2.76. The molecule has 0 radical (unpaired) electrons. The Kier molecular flexibility index (Phi) is 4.38. The van der Waals surface area contributed by atoms with Gasteiger partial charge in [-0.05, 0) is 28.1 Å². The first-order valence-corrected chi connectivity index (χ1v) is 7.07. The lowest BCUT2D eigenvalue weighted by Gasteiger charge is -2.07. The molecule has 0 aliphatic heterocycles. The van der Waals surface area contributed by atoms with E-state index in [2.05, 4.69) is 21.2 Å². The van der Waals surface area contributed by atoms with Crippen LogP contribution >= 0.6 is 38.9 Å². The van der Waals surface area contributed by atoms with Crippen molar-refractivity contribution in [3.8, 4) is 0 Å². The maximum atomic E-state index is 13.4. The van der Waals surface area contributed by atoms with E-state index < -0.39 is 10.7 Å². The summed E-state index contributed by atoms with van der Waals surface area (Å²) in [5.41, 5.74) is -0.0499.